The summed E-state index contributed by atoms with van der Waals surface area (Å²) in [6, 6.07) is 0. The Bertz CT molecular complexity index is 829. The molecule has 6 nitrogen and oxygen atoms in total. The molecule has 0 amide bonds. The summed E-state index contributed by atoms with van der Waals surface area (Å²) in [4.78, 5) is 30.4. The number of ether oxygens (including phenoxy) is 2. The van der Waals surface area contributed by atoms with Gasteiger partial charge in [0.1, 0.15) is 6.10 Å². The number of carbonyl (C=O) groups excluding carboxylic acids is 2. The molecule has 1 rings (SSSR count). The molecule has 6 heteroatoms. The van der Waals surface area contributed by atoms with Crippen LogP contribution in [0.25, 0.3) is 0 Å². The molecular formula is C50H98N2O4. The quantitative estimate of drug-likeness (QED) is 0.0453. The highest BCUT2D eigenvalue weighted by Gasteiger charge is 2.17. The molecule has 1 fully saturated rings. The van der Waals surface area contributed by atoms with Gasteiger partial charge in [0.2, 0.25) is 0 Å². The molecule has 0 bridgehead atoms. The van der Waals surface area contributed by atoms with Gasteiger partial charge in [-0.25, -0.2) is 0 Å². The van der Waals surface area contributed by atoms with E-state index in [2.05, 4.69) is 37.5 Å². The van der Waals surface area contributed by atoms with Gasteiger partial charge < -0.3 is 19.3 Å². The van der Waals surface area contributed by atoms with Crippen LogP contribution in [0.1, 0.15) is 252 Å². The van der Waals surface area contributed by atoms with Crippen molar-refractivity contribution in [2.45, 2.75) is 259 Å². The molecule has 0 aromatic heterocycles. The highest BCUT2D eigenvalue weighted by atomic mass is 16.5. The third kappa shape index (κ3) is 34.9. The number of unbranched alkanes of at least 4 members (excludes halogenated alkanes) is 24. The van der Waals surface area contributed by atoms with Gasteiger partial charge in [-0.15, -0.1) is 0 Å². The van der Waals surface area contributed by atoms with E-state index in [9.17, 15) is 9.59 Å². The number of esters is 2. The topological polar surface area (TPSA) is 59.1 Å². The van der Waals surface area contributed by atoms with E-state index < -0.39 is 0 Å². The molecule has 1 heterocycles. The van der Waals surface area contributed by atoms with Crippen molar-refractivity contribution >= 4 is 11.9 Å². The Balaban J connectivity index is 2.27. The minimum atomic E-state index is 0.000409. The van der Waals surface area contributed by atoms with Crippen LogP contribution < -0.4 is 0 Å². The van der Waals surface area contributed by atoms with Crippen LogP contribution in [0.3, 0.4) is 0 Å². The van der Waals surface area contributed by atoms with Crippen molar-refractivity contribution in [3.8, 4) is 0 Å². The molecule has 0 N–H and O–H groups in total. The van der Waals surface area contributed by atoms with Crippen molar-refractivity contribution in [1.82, 2.24) is 9.80 Å². The van der Waals surface area contributed by atoms with Gasteiger partial charge in [-0.2, -0.15) is 0 Å². The number of carbonyl (C=O) groups is 2. The average Bonchev–Trinajstić information content (AvgIpc) is 3.19. The zero-order chi connectivity index (χ0) is 40.6. The molecule has 0 aromatic carbocycles. The van der Waals surface area contributed by atoms with Gasteiger partial charge in [0.05, 0.1) is 6.61 Å². The minimum Gasteiger partial charge on any atom is -0.466 e. The molecule has 0 atom stereocenters. The summed E-state index contributed by atoms with van der Waals surface area (Å²) < 4.78 is 11.6. The van der Waals surface area contributed by atoms with Gasteiger partial charge in [0.15, 0.2) is 0 Å². The smallest absolute Gasteiger partial charge is 0.306 e. The van der Waals surface area contributed by atoms with Crippen LogP contribution in [-0.4, -0.2) is 73.7 Å². The van der Waals surface area contributed by atoms with Crippen LogP contribution in [-0.2, 0) is 19.1 Å². The maximum absolute atomic E-state index is 12.8. The van der Waals surface area contributed by atoms with E-state index >= 15 is 0 Å². The Morgan fingerprint density at radius 1 is 0.518 bits per heavy atom. The second-order valence-corrected chi connectivity index (χ2v) is 18.0. The van der Waals surface area contributed by atoms with E-state index in [1.165, 1.54) is 206 Å². The number of hydrogen-bond acceptors (Lipinski definition) is 6. The van der Waals surface area contributed by atoms with Gasteiger partial charge >= 0.3 is 11.9 Å². The lowest BCUT2D eigenvalue weighted by atomic mass is 9.99. The molecule has 1 saturated heterocycles. The zero-order valence-corrected chi connectivity index (χ0v) is 38.4. The molecule has 1 aliphatic heterocycles. The van der Waals surface area contributed by atoms with Crippen LogP contribution >= 0.6 is 0 Å². The van der Waals surface area contributed by atoms with Crippen molar-refractivity contribution < 1.29 is 19.1 Å². The van der Waals surface area contributed by atoms with Crippen molar-refractivity contribution in [3.63, 3.8) is 0 Å². The Hall–Kier alpha value is -1.14. The lowest BCUT2D eigenvalue weighted by molar-refractivity contribution is -0.150. The van der Waals surface area contributed by atoms with Crippen LogP contribution in [0.15, 0.2) is 0 Å². The predicted molar refractivity (Wildman–Crippen MR) is 241 cm³/mol. The zero-order valence-electron chi connectivity index (χ0n) is 38.4. The maximum atomic E-state index is 12.8. The lowest BCUT2D eigenvalue weighted by Gasteiger charge is -2.32. The van der Waals surface area contributed by atoms with E-state index in [0.717, 1.165) is 50.9 Å². The summed E-state index contributed by atoms with van der Waals surface area (Å²) in [5.74, 6) is 0.928. The van der Waals surface area contributed by atoms with Crippen LogP contribution in [0.4, 0.5) is 0 Å². The third-order valence-electron chi connectivity index (χ3n) is 12.4. The highest BCUT2D eigenvalue weighted by molar-refractivity contribution is 5.69. The summed E-state index contributed by atoms with van der Waals surface area (Å²) >= 11 is 0. The van der Waals surface area contributed by atoms with E-state index in [0.29, 0.717) is 19.4 Å². The fourth-order valence-electron chi connectivity index (χ4n) is 8.30. The maximum Gasteiger partial charge on any atom is 0.306 e. The van der Waals surface area contributed by atoms with E-state index in [1.54, 1.807) is 0 Å². The molecular weight excluding hydrogens is 693 g/mol. The van der Waals surface area contributed by atoms with Gasteiger partial charge in [0.25, 0.3) is 0 Å². The standard InChI is InChI=1S/C50H98N2O4/c1-5-8-11-14-17-26-33-46-55-49(53)36-29-22-18-24-31-40-51(44-45-52-42-38-47(4)39-43-52)41-32-25-19-23-30-37-50(54)56-48(34-27-20-15-12-9-6-2)35-28-21-16-13-10-7-3/h47-48H,5-46H2,1-4H3. The fraction of sp³-hybridized carbons (Fsp3) is 0.960. The number of likely N-dealkylation sites (tertiary alicyclic amines) is 1. The summed E-state index contributed by atoms with van der Waals surface area (Å²) in [7, 11) is 0. The molecule has 0 aliphatic carbocycles. The van der Waals surface area contributed by atoms with Crippen molar-refractivity contribution in [2.24, 2.45) is 5.92 Å². The SMILES string of the molecule is CCCCCCCCCOC(=O)CCCCCCCN(CCCCCCCC(=O)OC(CCCCCCCC)CCCCCCCC)CCN1CCC(C)CC1. The summed E-state index contributed by atoms with van der Waals surface area (Å²) in [5, 5.41) is 0. The molecule has 332 valence electrons. The first-order valence-electron chi connectivity index (χ1n) is 25.3. The fourth-order valence-corrected chi connectivity index (χ4v) is 8.30. The van der Waals surface area contributed by atoms with Gasteiger partial charge in [-0.1, -0.05) is 169 Å². The van der Waals surface area contributed by atoms with E-state index in [-0.39, 0.29) is 18.0 Å². The first kappa shape index (κ1) is 52.9. The summed E-state index contributed by atoms with van der Waals surface area (Å²) in [6.45, 7) is 17.1. The Morgan fingerprint density at radius 3 is 1.43 bits per heavy atom. The first-order chi connectivity index (χ1) is 27.5. The summed E-state index contributed by atoms with van der Waals surface area (Å²) in [6.07, 6.45) is 42.0. The number of nitrogens with zero attached hydrogens (tertiary/aromatic N) is 2. The number of rotatable bonds is 42. The second-order valence-electron chi connectivity index (χ2n) is 18.0. The second kappa shape index (κ2) is 40.6. The Kier molecular flexibility index (Phi) is 38.4. The number of hydrogen-bond donors (Lipinski definition) is 0. The molecule has 0 spiro atoms. The summed E-state index contributed by atoms with van der Waals surface area (Å²) in [5.41, 5.74) is 0. The monoisotopic (exact) mass is 791 g/mol. The minimum absolute atomic E-state index is 0.000409. The van der Waals surface area contributed by atoms with Gasteiger partial charge in [0, 0.05) is 25.9 Å². The number of piperidine rings is 1. The van der Waals surface area contributed by atoms with Gasteiger partial charge in [-0.3, -0.25) is 9.59 Å². The normalized spacial score (nSPS) is 14.0. The lowest BCUT2D eigenvalue weighted by Crippen LogP contribution is -2.40. The van der Waals surface area contributed by atoms with Crippen LogP contribution in [0.5, 0.6) is 0 Å². The predicted octanol–water partition coefficient (Wildman–Crippen LogP) is 14.4. The third-order valence-corrected chi connectivity index (χ3v) is 12.4. The Morgan fingerprint density at radius 2 is 0.929 bits per heavy atom. The molecule has 0 aromatic rings. The first-order valence-corrected chi connectivity index (χ1v) is 25.3. The molecule has 0 saturated carbocycles. The molecule has 1 aliphatic rings. The van der Waals surface area contributed by atoms with Crippen molar-refractivity contribution in [3.05, 3.63) is 0 Å². The van der Waals surface area contributed by atoms with E-state index in [1.807, 2.05) is 0 Å². The van der Waals surface area contributed by atoms with Crippen molar-refractivity contribution in [1.29, 1.82) is 0 Å². The molecule has 56 heavy (non-hydrogen) atoms. The van der Waals surface area contributed by atoms with Gasteiger partial charge in [-0.05, 0) is 103 Å². The molecule has 0 radical (unpaired) electrons. The average molecular weight is 791 g/mol. The largest absolute Gasteiger partial charge is 0.466 e. The van der Waals surface area contributed by atoms with Crippen molar-refractivity contribution in [2.75, 3.05) is 45.9 Å². The van der Waals surface area contributed by atoms with E-state index in [4.69, 9.17) is 9.47 Å². The van der Waals surface area contributed by atoms with Crippen LogP contribution in [0.2, 0.25) is 0 Å². The highest BCUT2D eigenvalue weighted by Crippen LogP contribution is 2.19. The van der Waals surface area contributed by atoms with Crippen LogP contribution in [0, 0.1) is 5.92 Å². The Labute approximate surface area is 350 Å². The molecule has 0 unspecified atom stereocenters.